The molecule has 1 aliphatic heterocycles. The summed E-state index contributed by atoms with van der Waals surface area (Å²) >= 11 is 11.8. The van der Waals surface area contributed by atoms with Crippen LogP contribution in [0, 0.1) is 0 Å². The van der Waals surface area contributed by atoms with Crippen LogP contribution in [0.4, 0.5) is 11.4 Å². The van der Waals surface area contributed by atoms with E-state index in [-0.39, 0.29) is 10.8 Å². The van der Waals surface area contributed by atoms with E-state index in [4.69, 9.17) is 23.2 Å². The van der Waals surface area contributed by atoms with Crippen molar-refractivity contribution in [3.8, 4) is 0 Å². The van der Waals surface area contributed by atoms with E-state index in [0.717, 1.165) is 11.3 Å². The molecule has 0 fully saturated rings. The zero-order chi connectivity index (χ0) is 17.5. The highest BCUT2D eigenvalue weighted by Gasteiger charge is 2.24. The first-order chi connectivity index (χ1) is 11.3. The molecule has 0 bridgehead atoms. The fourth-order valence-corrected chi connectivity index (χ4v) is 4.32. The number of rotatable bonds is 3. The summed E-state index contributed by atoms with van der Waals surface area (Å²) in [6, 6.07) is 9.21. The molecule has 2 aromatic carbocycles. The van der Waals surface area contributed by atoms with E-state index < -0.39 is 10.0 Å². The fraction of sp³-hybridized carbons (Fsp3) is 0.188. The molecular formula is C16H14Cl2N2O3S. The summed E-state index contributed by atoms with van der Waals surface area (Å²) in [7, 11) is -3.78. The van der Waals surface area contributed by atoms with Crippen LogP contribution in [-0.4, -0.2) is 20.9 Å². The van der Waals surface area contributed by atoms with Gasteiger partial charge in [0.05, 0.1) is 10.6 Å². The second kappa shape index (κ2) is 6.27. The maximum Gasteiger partial charge on any atom is 0.261 e. The number of amides is 1. The van der Waals surface area contributed by atoms with Gasteiger partial charge in [-0.1, -0.05) is 23.2 Å². The third-order valence-corrected chi connectivity index (χ3v) is 5.57. The monoisotopic (exact) mass is 384 g/mol. The summed E-state index contributed by atoms with van der Waals surface area (Å²) in [6.45, 7) is 2.05. The van der Waals surface area contributed by atoms with Crippen molar-refractivity contribution in [1.82, 2.24) is 0 Å². The minimum absolute atomic E-state index is 0.0592. The third kappa shape index (κ3) is 3.36. The molecule has 0 aromatic heterocycles. The van der Waals surface area contributed by atoms with Gasteiger partial charge in [0.15, 0.2) is 0 Å². The Morgan fingerprint density at radius 3 is 2.42 bits per heavy atom. The predicted octanol–water partition coefficient (Wildman–Crippen LogP) is 3.70. The Bertz CT molecular complexity index is 909. The summed E-state index contributed by atoms with van der Waals surface area (Å²) < 4.78 is 27.6. The van der Waals surface area contributed by atoms with Gasteiger partial charge in [-0.15, -0.1) is 0 Å². The largest absolute Gasteiger partial charge is 0.312 e. The molecule has 0 spiro atoms. The normalized spacial score (nSPS) is 13.7. The van der Waals surface area contributed by atoms with Crippen molar-refractivity contribution in [3.63, 3.8) is 0 Å². The smallest absolute Gasteiger partial charge is 0.261 e. The van der Waals surface area contributed by atoms with Gasteiger partial charge >= 0.3 is 0 Å². The first-order valence-electron chi connectivity index (χ1n) is 7.16. The Kier molecular flexibility index (Phi) is 4.46. The molecule has 5 nitrogen and oxygen atoms in total. The lowest BCUT2D eigenvalue weighted by atomic mass is 10.2. The molecule has 0 saturated carbocycles. The number of carbonyl (C=O) groups excluding carboxylic acids is 1. The predicted molar refractivity (Wildman–Crippen MR) is 95.4 cm³/mol. The summed E-state index contributed by atoms with van der Waals surface area (Å²) in [5.74, 6) is -0.0592. The van der Waals surface area contributed by atoms with E-state index >= 15 is 0 Å². The Balaban J connectivity index is 1.92. The van der Waals surface area contributed by atoms with Gasteiger partial charge in [0.2, 0.25) is 5.91 Å². The van der Waals surface area contributed by atoms with Gasteiger partial charge in [-0.05, 0) is 48.4 Å². The van der Waals surface area contributed by atoms with Gasteiger partial charge in [0.1, 0.15) is 0 Å². The first kappa shape index (κ1) is 17.1. The topological polar surface area (TPSA) is 66.5 Å². The molecule has 0 radical (unpaired) electrons. The van der Waals surface area contributed by atoms with Crippen LogP contribution in [0.15, 0.2) is 41.3 Å². The molecule has 24 heavy (non-hydrogen) atoms. The van der Waals surface area contributed by atoms with Gasteiger partial charge < -0.3 is 4.90 Å². The zero-order valence-electron chi connectivity index (χ0n) is 12.7. The minimum Gasteiger partial charge on any atom is -0.312 e. The number of anilines is 2. The molecule has 2 aromatic rings. The van der Waals surface area contributed by atoms with E-state index in [2.05, 4.69) is 4.72 Å². The van der Waals surface area contributed by atoms with E-state index in [9.17, 15) is 13.2 Å². The molecule has 0 atom stereocenters. The number of halogens is 2. The van der Waals surface area contributed by atoms with E-state index in [0.29, 0.717) is 28.7 Å². The van der Waals surface area contributed by atoms with Gasteiger partial charge in [-0.25, -0.2) is 8.42 Å². The highest BCUT2D eigenvalue weighted by Crippen LogP contribution is 2.31. The SMILES string of the molecule is CC(=O)N1CCc2cc(S(=O)(=O)Nc3cc(Cl)cc(Cl)c3)ccc21. The first-order valence-corrected chi connectivity index (χ1v) is 9.40. The van der Waals surface area contributed by atoms with Gasteiger partial charge in [0.25, 0.3) is 10.0 Å². The number of carbonyl (C=O) groups is 1. The Hall–Kier alpha value is -1.76. The van der Waals surface area contributed by atoms with Crippen LogP contribution >= 0.6 is 23.2 Å². The highest BCUT2D eigenvalue weighted by molar-refractivity contribution is 7.92. The zero-order valence-corrected chi connectivity index (χ0v) is 15.0. The number of hydrogen-bond donors (Lipinski definition) is 1. The van der Waals surface area contributed by atoms with Gasteiger partial charge in [-0.3, -0.25) is 9.52 Å². The minimum atomic E-state index is -3.78. The van der Waals surface area contributed by atoms with Crippen LogP contribution in [0.5, 0.6) is 0 Å². The van der Waals surface area contributed by atoms with Crippen LogP contribution in [-0.2, 0) is 21.2 Å². The maximum atomic E-state index is 12.6. The van der Waals surface area contributed by atoms with Crippen LogP contribution in [0.25, 0.3) is 0 Å². The summed E-state index contributed by atoms with van der Waals surface area (Å²) in [5, 5.41) is 0.678. The molecule has 0 unspecified atom stereocenters. The molecule has 3 rings (SSSR count). The number of nitrogens with zero attached hydrogens (tertiary/aromatic N) is 1. The van der Waals surface area contributed by atoms with E-state index in [1.165, 1.54) is 31.2 Å². The van der Waals surface area contributed by atoms with Crippen molar-refractivity contribution >= 4 is 50.5 Å². The second-order valence-corrected chi connectivity index (χ2v) is 8.03. The maximum absolute atomic E-state index is 12.6. The lowest BCUT2D eigenvalue weighted by Gasteiger charge is -2.15. The molecule has 0 aliphatic carbocycles. The van der Waals surface area contributed by atoms with Crippen molar-refractivity contribution in [1.29, 1.82) is 0 Å². The van der Waals surface area contributed by atoms with Crippen molar-refractivity contribution in [2.75, 3.05) is 16.2 Å². The van der Waals surface area contributed by atoms with Crippen LogP contribution in [0.2, 0.25) is 10.0 Å². The number of fused-ring (bicyclic) bond motifs is 1. The van der Waals surface area contributed by atoms with Crippen molar-refractivity contribution in [2.45, 2.75) is 18.2 Å². The van der Waals surface area contributed by atoms with Crippen LogP contribution < -0.4 is 9.62 Å². The van der Waals surface area contributed by atoms with Crippen LogP contribution in [0.3, 0.4) is 0 Å². The Morgan fingerprint density at radius 2 is 1.79 bits per heavy atom. The average molecular weight is 385 g/mol. The van der Waals surface area contributed by atoms with Gasteiger partial charge in [-0.2, -0.15) is 0 Å². The Morgan fingerprint density at radius 1 is 1.12 bits per heavy atom. The van der Waals surface area contributed by atoms with Crippen molar-refractivity contribution < 1.29 is 13.2 Å². The lowest BCUT2D eigenvalue weighted by Crippen LogP contribution is -2.25. The molecule has 1 heterocycles. The summed E-state index contributed by atoms with van der Waals surface area (Å²) in [4.78, 5) is 13.3. The summed E-state index contributed by atoms with van der Waals surface area (Å²) in [5.41, 5.74) is 1.88. The number of nitrogens with one attached hydrogen (secondary N) is 1. The quantitative estimate of drug-likeness (QED) is 0.876. The number of sulfonamides is 1. The molecule has 126 valence electrons. The highest BCUT2D eigenvalue weighted by atomic mass is 35.5. The lowest BCUT2D eigenvalue weighted by molar-refractivity contribution is -0.116. The number of benzene rings is 2. The van der Waals surface area contributed by atoms with Crippen molar-refractivity contribution in [2.24, 2.45) is 0 Å². The van der Waals surface area contributed by atoms with E-state index in [1.807, 2.05) is 0 Å². The molecule has 0 saturated heterocycles. The molecule has 1 aliphatic rings. The molecule has 1 N–H and O–H groups in total. The molecular weight excluding hydrogens is 371 g/mol. The third-order valence-electron chi connectivity index (χ3n) is 3.75. The average Bonchev–Trinajstić information content (AvgIpc) is 2.88. The van der Waals surface area contributed by atoms with Crippen LogP contribution in [0.1, 0.15) is 12.5 Å². The van der Waals surface area contributed by atoms with Gasteiger partial charge in [0, 0.05) is 29.2 Å². The van der Waals surface area contributed by atoms with Crippen molar-refractivity contribution in [3.05, 3.63) is 52.0 Å². The Labute approximate surface area is 150 Å². The molecule has 8 heteroatoms. The summed E-state index contributed by atoms with van der Waals surface area (Å²) in [6.07, 6.45) is 0.626. The number of hydrogen-bond acceptors (Lipinski definition) is 3. The second-order valence-electron chi connectivity index (χ2n) is 5.47. The standard InChI is InChI=1S/C16H14Cl2N2O3S/c1-10(21)20-5-4-11-6-15(2-3-16(11)20)24(22,23)19-14-8-12(17)7-13(18)9-14/h2-3,6-9,19H,4-5H2,1H3. The molecule has 1 amide bonds. The van der Waals surface area contributed by atoms with E-state index in [1.54, 1.807) is 17.0 Å². The fourth-order valence-electron chi connectivity index (χ4n) is 2.70.